The molecule has 1 aromatic heterocycles. The van der Waals surface area contributed by atoms with Gasteiger partial charge in [0.1, 0.15) is 0 Å². The third-order valence-corrected chi connectivity index (χ3v) is 3.73. The molecule has 4 nitrogen and oxygen atoms in total. The summed E-state index contributed by atoms with van der Waals surface area (Å²) in [6, 6.07) is 4.22. The number of likely N-dealkylation sites (tertiary alicyclic amines) is 1. The zero-order valence-corrected chi connectivity index (χ0v) is 11.8. The third-order valence-electron chi connectivity index (χ3n) is 3.73. The molecule has 2 rings (SSSR count). The molecular weight excluding hydrogens is 238 g/mol. The van der Waals surface area contributed by atoms with E-state index in [1.165, 1.54) is 0 Å². The van der Waals surface area contributed by atoms with Crippen molar-refractivity contribution >= 4 is 5.91 Å². The summed E-state index contributed by atoms with van der Waals surface area (Å²) in [6.45, 7) is 6.60. The van der Waals surface area contributed by atoms with Gasteiger partial charge in [-0.2, -0.15) is 0 Å². The van der Waals surface area contributed by atoms with E-state index in [4.69, 9.17) is 0 Å². The molecule has 4 heteroatoms. The van der Waals surface area contributed by atoms with Crippen LogP contribution in [0.3, 0.4) is 0 Å². The Balaban J connectivity index is 2.04. The van der Waals surface area contributed by atoms with Crippen LogP contribution in [0.4, 0.5) is 0 Å². The minimum Gasteiger partial charge on any atom is -0.335 e. The van der Waals surface area contributed by atoms with Crippen LogP contribution in [-0.4, -0.2) is 35.4 Å². The molecule has 0 aromatic carbocycles. The van der Waals surface area contributed by atoms with Crippen molar-refractivity contribution in [2.45, 2.75) is 32.7 Å². The normalized spacial score (nSPS) is 20.5. The molecule has 0 bridgehead atoms. The number of pyridine rings is 1. The second-order valence-electron chi connectivity index (χ2n) is 5.18. The summed E-state index contributed by atoms with van der Waals surface area (Å²) in [5, 5.41) is 3.25. The van der Waals surface area contributed by atoms with Crippen LogP contribution in [0, 0.1) is 5.92 Å². The van der Waals surface area contributed by atoms with Crippen LogP contribution in [-0.2, 0) is 4.79 Å². The molecule has 1 N–H and O–H groups in total. The Hall–Kier alpha value is -1.42. The Morgan fingerprint density at radius 1 is 1.63 bits per heavy atom. The molecule has 19 heavy (non-hydrogen) atoms. The van der Waals surface area contributed by atoms with Gasteiger partial charge in [-0.05, 0) is 31.0 Å². The highest BCUT2D eigenvalue weighted by atomic mass is 16.2. The van der Waals surface area contributed by atoms with E-state index in [0.29, 0.717) is 0 Å². The van der Waals surface area contributed by atoms with Crippen LogP contribution in [0.2, 0.25) is 0 Å². The SMILES string of the molecule is CCNCC(C)C(=O)N1CCCC1c1cccnc1. The largest absolute Gasteiger partial charge is 0.335 e. The molecule has 1 aliphatic rings. The number of nitrogens with one attached hydrogen (secondary N) is 1. The van der Waals surface area contributed by atoms with E-state index in [1.54, 1.807) is 6.20 Å². The molecule has 1 fully saturated rings. The number of hydrogen-bond donors (Lipinski definition) is 1. The fraction of sp³-hybridized carbons (Fsp3) is 0.600. The number of carbonyl (C=O) groups is 1. The van der Waals surface area contributed by atoms with Crippen LogP contribution in [0.25, 0.3) is 0 Å². The maximum absolute atomic E-state index is 12.5. The lowest BCUT2D eigenvalue weighted by atomic mass is 10.0. The summed E-state index contributed by atoms with van der Waals surface area (Å²) in [5.41, 5.74) is 1.16. The molecule has 0 aliphatic carbocycles. The van der Waals surface area contributed by atoms with Crippen LogP contribution in [0.15, 0.2) is 24.5 Å². The number of carbonyl (C=O) groups excluding carboxylic acids is 1. The van der Waals surface area contributed by atoms with Crippen molar-refractivity contribution in [3.63, 3.8) is 0 Å². The fourth-order valence-corrected chi connectivity index (χ4v) is 2.68. The van der Waals surface area contributed by atoms with Crippen molar-refractivity contribution in [1.29, 1.82) is 0 Å². The first-order chi connectivity index (χ1) is 9.24. The predicted molar refractivity (Wildman–Crippen MR) is 75.6 cm³/mol. The Morgan fingerprint density at radius 3 is 3.16 bits per heavy atom. The van der Waals surface area contributed by atoms with E-state index in [9.17, 15) is 4.79 Å². The lowest BCUT2D eigenvalue weighted by molar-refractivity contribution is -0.135. The maximum atomic E-state index is 12.5. The molecule has 2 heterocycles. The third kappa shape index (κ3) is 3.32. The molecule has 0 spiro atoms. The minimum absolute atomic E-state index is 0.0391. The average molecular weight is 261 g/mol. The zero-order chi connectivity index (χ0) is 13.7. The van der Waals surface area contributed by atoms with Gasteiger partial charge in [-0.1, -0.05) is 19.9 Å². The highest BCUT2D eigenvalue weighted by Gasteiger charge is 2.32. The molecule has 2 atom stereocenters. The first-order valence-corrected chi connectivity index (χ1v) is 7.15. The van der Waals surface area contributed by atoms with Gasteiger partial charge in [0.2, 0.25) is 5.91 Å². The highest BCUT2D eigenvalue weighted by molar-refractivity contribution is 5.79. The Bertz CT molecular complexity index is 407. The minimum atomic E-state index is 0.0391. The fourth-order valence-electron chi connectivity index (χ4n) is 2.68. The van der Waals surface area contributed by atoms with Gasteiger partial charge >= 0.3 is 0 Å². The number of hydrogen-bond acceptors (Lipinski definition) is 3. The van der Waals surface area contributed by atoms with Gasteiger partial charge in [0.15, 0.2) is 0 Å². The summed E-state index contributed by atoms with van der Waals surface area (Å²) in [5.74, 6) is 0.296. The monoisotopic (exact) mass is 261 g/mol. The van der Waals surface area contributed by atoms with Crippen molar-refractivity contribution in [1.82, 2.24) is 15.2 Å². The molecule has 1 saturated heterocycles. The van der Waals surface area contributed by atoms with Crippen LogP contribution in [0.1, 0.15) is 38.3 Å². The molecule has 2 unspecified atom stereocenters. The van der Waals surface area contributed by atoms with Gasteiger partial charge in [-0.15, -0.1) is 0 Å². The van der Waals surface area contributed by atoms with E-state index in [2.05, 4.69) is 23.3 Å². The van der Waals surface area contributed by atoms with E-state index < -0.39 is 0 Å². The Labute approximate surface area is 115 Å². The van der Waals surface area contributed by atoms with E-state index in [0.717, 1.165) is 38.0 Å². The standard InChI is InChI=1S/C15H23N3O/c1-3-16-10-12(2)15(19)18-9-5-7-14(18)13-6-4-8-17-11-13/h4,6,8,11-12,14,16H,3,5,7,9-10H2,1-2H3. The number of amides is 1. The van der Waals surface area contributed by atoms with Crippen LogP contribution < -0.4 is 5.32 Å². The van der Waals surface area contributed by atoms with Gasteiger partial charge in [-0.25, -0.2) is 0 Å². The topological polar surface area (TPSA) is 45.2 Å². The molecule has 1 aliphatic heterocycles. The van der Waals surface area contributed by atoms with Crippen molar-refractivity contribution in [2.24, 2.45) is 5.92 Å². The summed E-state index contributed by atoms with van der Waals surface area (Å²) in [4.78, 5) is 18.7. The van der Waals surface area contributed by atoms with Crippen molar-refractivity contribution < 1.29 is 4.79 Å². The number of rotatable bonds is 5. The maximum Gasteiger partial charge on any atom is 0.227 e. The average Bonchev–Trinajstić information content (AvgIpc) is 2.94. The smallest absolute Gasteiger partial charge is 0.227 e. The molecule has 1 amide bonds. The lowest BCUT2D eigenvalue weighted by Gasteiger charge is -2.27. The highest BCUT2D eigenvalue weighted by Crippen LogP contribution is 2.32. The number of nitrogens with zero attached hydrogens (tertiary/aromatic N) is 2. The Morgan fingerprint density at radius 2 is 2.47 bits per heavy atom. The van der Waals surface area contributed by atoms with Crippen molar-refractivity contribution in [3.05, 3.63) is 30.1 Å². The summed E-state index contributed by atoms with van der Waals surface area (Å²) < 4.78 is 0. The van der Waals surface area contributed by atoms with Crippen LogP contribution in [0.5, 0.6) is 0 Å². The van der Waals surface area contributed by atoms with Crippen molar-refractivity contribution in [3.8, 4) is 0 Å². The molecule has 1 aromatic rings. The summed E-state index contributed by atoms with van der Waals surface area (Å²) in [6.07, 6.45) is 5.79. The second kappa shape index (κ2) is 6.66. The Kier molecular flexibility index (Phi) is 4.91. The lowest BCUT2D eigenvalue weighted by Crippen LogP contribution is -2.38. The van der Waals surface area contributed by atoms with Gasteiger partial charge in [0.05, 0.1) is 6.04 Å². The second-order valence-corrected chi connectivity index (χ2v) is 5.18. The van der Waals surface area contributed by atoms with E-state index in [-0.39, 0.29) is 17.9 Å². The summed E-state index contributed by atoms with van der Waals surface area (Å²) in [7, 11) is 0. The number of aromatic nitrogens is 1. The first-order valence-electron chi connectivity index (χ1n) is 7.15. The first kappa shape index (κ1) is 14.0. The van der Waals surface area contributed by atoms with Gasteiger partial charge in [-0.3, -0.25) is 9.78 Å². The van der Waals surface area contributed by atoms with E-state index >= 15 is 0 Å². The summed E-state index contributed by atoms with van der Waals surface area (Å²) >= 11 is 0. The van der Waals surface area contributed by atoms with Gasteiger partial charge in [0, 0.05) is 31.4 Å². The zero-order valence-electron chi connectivity index (χ0n) is 11.8. The van der Waals surface area contributed by atoms with Gasteiger partial charge < -0.3 is 10.2 Å². The van der Waals surface area contributed by atoms with Gasteiger partial charge in [0.25, 0.3) is 0 Å². The van der Waals surface area contributed by atoms with Crippen LogP contribution >= 0.6 is 0 Å². The quantitative estimate of drug-likeness (QED) is 0.881. The molecule has 104 valence electrons. The molecule has 0 saturated carbocycles. The van der Waals surface area contributed by atoms with E-state index in [1.807, 2.05) is 24.1 Å². The van der Waals surface area contributed by atoms with Crippen molar-refractivity contribution in [2.75, 3.05) is 19.6 Å². The predicted octanol–water partition coefficient (Wildman–Crippen LogP) is 1.99. The molecule has 0 radical (unpaired) electrons. The molecular formula is C15H23N3O.